The highest BCUT2D eigenvalue weighted by Gasteiger charge is 2.29. The van der Waals surface area contributed by atoms with Crippen molar-refractivity contribution in [2.24, 2.45) is 5.41 Å². The molecule has 1 aliphatic carbocycles. The van der Waals surface area contributed by atoms with Gasteiger partial charge in [0, 0.05) is 18.5 Å². The lowest BCUT2D eigenvalue weighted by Gasteiger charge is -2.28. The molecule has 0 atom stereocenters. The Kier molecular flexibility index (Phi) is 5.20. The first-order valence-corrected chi connectivity index (χ1v) is 7.00. The maximum Gasteiger partial charge on any atom is 0.315 e. The van der Waals surface area contributed by atoms with Crippen molar-refractivity contribution in [3.05, 3.63) is 0 Å². The van der Waals surface area contributed by atoms with Crippen molar-refractivity contribution in [1.82, 2.24) is 10.6 Å². The van der Waals surface area contributed by atoms with Crippen molar-refractivity contribution >= 4 is 12.0 Å². The predicted octanol–water partition coefficient (Wildman–Crippen LogP) is 2.51. The van der Waals surface area contributed by atoms with Gasteiger partial charge in [-0.2, -0.15) is 0 Å². The predicted molar refractivity (Wildman–Crippen MR) is 74.1 cm³/mol. The second-order valence-corrected chi connectivity index (χ2v) is 6.60. The summed E-state index contributed by atoms with van der Waals surface area (Å²) < 4.78 is 0. The Morgan fingerprint density at radius 2 is 1.84 bits per heavy atom. The standard InChI is InChI=1S/C14H26N2O3/c1-13(2,9-6-11(17)18)16-12(19)15-10-14(3)7-4-5-8-14/h4-10H2,1-3H3,(H,17,18)(H2,15,16,19). The van der Waals surface area contributed by atoms with Gasteiger partial charge in [0.05, 0.1) is 0 Å². The fourth-order valence-electron chi connectivity index (χ4n) is 2.53. The summed E-state index contributed by atoms with van der Waals surface area (Å²) in [5, 5.41) is 14.4. The molecule has 0 aromatic carbocycles. The molecule has 0 heterocycles. The molecule has 1 rings (SSSR count). The number of carboxylic acid groups (broad SMARTS) is 1. The second kappa shape index (κ2) is 6.26. The van der Waals surface area contributed by atoms with E-state index in [1.807, 2.05) is 13.8 Å². The molecule has 5 heteroatoms. The summed E-state index contributed by atoms with van der Waals surface area (Å²) in [6.07, 6.45) is 5.29. The average molecular weight is 270 g/mol. The minimum Gasteiger partial charge on any atom is -0.481 e. The molecule has 0 spiro atoms. The van der Waals surface area contributed by atoms with Crippen LogP contribution >= 0.6 is 0 Å². The number of carbonyl (C=O) groups is 2. The Morgan fingerprint density at radius 3 is 2.37 bits per heavy atom. The van der Waals surface area contributed by atoms with E-state index in [0.29, 0.717) is 13.0 Å². The first-order valence-electron chi connectivity index (χ1n) is 7.00. The molecule has 0 radical (unpaired) electrons. The quantitative estimate of drug-likeness (QED) is 0.694. The number of carboxylic acids is 1. The third kappa shape index (κ3) is 5.94. The highest BCUT2D eigenvalue weighted by atomic mass is 16.4. The van der Waals surface area contributed by atoms with Crippen LogP contribution in [-0.4, -0.2) is 29.2 Å². The summed E-state index contributed by atoms with van der Waals surface area (Å²) in [6.45, 7) is 6.57. The van der Waals surface area contributed by atoms with E-state index in [1.165, 1.54) is 12.8 Å². The minimum atomic E-state index is -0.839. The number of rotatable bonds is 6. The van der Waals surface area contributed by atoms with Gasteiger partial charge in [0.25, 0.3) is 0 Å². The highest BCUT2D eigenvalue weighted by Crippen LogP contribution is 2.36. The van der Waals surface area contributed by atoms with Crippen LogP contribution in [0.4, 0.5) is 4.79 Å². The highest BCUT2D eigenvalue weighted by molar-refractivity contribution is 5.75. The zero-order valence-electron chi connectivity index (χ0n) is 12.2. The third-order valence-electron chi connectivity index (χ3n) is 3.90. The zero-order chi connectivity index (χ0) is 14.5. The lowest BCUT2D eigenvalue weighted by Crippen LogP contribution is -2.50. The van der Waals surface area contributed by atoms with Gasteiger partial charge in [0.15, 0.2) is 0 Å². The molecule has 1 aliphatic rings. The Hall–Kier alpha value is -1.26. The van der Waals surface area contributed by atoms with E-state index >= 15 is 0 Å². The summed E-state index contributed by atoms with van der Waals surface area (Å²) in [4.78, 5) is 22.4. The first-order chi connectivity index (χ1) is 8.72. The molecule has 19 heavy (non-hydrogen) atoms. The van der Waals surface area contributed by atoms with Crippen LogP contribution in [0.5, 0.6) is 0 Å². The minimum absolute atomic E-state index is 0.0605. The molecular weight excluding hydrogens is 244 g/mol. The first kappa shape index (κ1) is 15.8. The van der Waals surface area contributed by atoms with E-state index in [2.05, 4.69) is 17.6 Å². The van der Waals surface area contributed by atoms with Gasteiger partial charge in [-0.25, -0.2) is 4.79 Å². The van der Waals surface area contributed by atoms with Crippen LogP contribution < -0.4 is 10.6 Å². The van der Waals surface area contributed by atoms with Crippen LogP contribution in [0.2, 0.25) is 0 Å². The number of urea groups is 1. The van der Waals surface area contributed by atoms with Crippen LogP contribution in [0.3, 0.4) is 0 Å². The summed E-state index contributed by atoms with van der Waals surface area (Å²) in [6, 6.07) is -0.205. The van der Waals surface area contributed by atoms with Gasteiger partial charge in [-0.1, -0.05) is 19.8 Å². The molecule has 1 saturated carbocycles. The van der Waals surface area contributed by atoms with Gasteiger partial charge >= 0.3 is 12.0 Å². The van der Waals surface area contributed by atoms with Gasteiger partial charge in [0.2, 0.25) is 0 Å². The summed E-state index contributed by atoms with van der Waals surface area (Å²) >= 11 is 0. The molecule has 0 aromatic rings. The van der Waals surface area contributed by atoms with Crippen LogP contribution in [0.1, 0.15) is 59.3 Å². The van der Waals surface area contributed by atoms with Crippen LogP contribution in [0.15, 0.2) is 0 Å². The summed E-state index contributed by atoms with van der Waals surface area (Å²) in [7, 11) is 0. The Bertz CT molecular complexity index is 334. The molecule has 2 amide bonds. The van der Waals surface area contributed by atoms with Crippen molar-refractivity contribution < 1.29 is 14.7 Å². The number of amides is 2. The second-order valence-electron chi connectivity index (χ2n) is 6.60. The van der Waals surface area contributed by atoms with Crippen molar-refractivity contribution in [2.45, 2.75) is 64.8 Å². The topological polar surface area (TPSA) is 78.4 Å². The van der Waals surface area contributed by atoms with Crippen LogP contribution in [0, 0.1) is 5.41 Å². The monoisotopic (exact) mass is 270 g/mol. The fraction of sp³-hybridized carbons (Fsp3) is 0.857. The SMILES string of the molecule is CC1(CNC(=O)NC(C)(C)CCC(=O)O)CCCC1. The lowest BCUT2D eigenvalue weighted by molar-refractivity contribution is -0.137. The maximum atomic E-state index is 11.8. The summed E-state index contributed by atoms with van der Waals surface area (Å²) in [5.41, 5.74) is -0.276. The number of hydrogen-bond acceptors (Lipinski definition) is 2. The van der Waals surface area contributed by atoms with E-state index in [0.717, 1.165) is 12.8 Å². The molecule has 0 bridgehead atoms. The third-order valence-corrected chi connectivity index (χ3v) is 3.90. The van der Waals surface area contributed by atoms with E-state index < -0.39 is 11.5 Å². The van der Waals surface area contributed by atoms with Gasteiger partial charge in [0.1, 0.15) is 0 Å². The van der Waals surface area contributed by atoms with E-state index in [9.17, 15) is 9.59 Å². The molecule has 0 aliphatic heterocycles. The Morgan fingerprint density at radius 1 is 1.26 bits per heavy atom. The summed E-state index contributed by atoms with van der Waals surface area (Å²) in [5.74, 6) is -0.839. The van der Waals surface area contributed by atoms with E-state index in [4.69, 9.17) is 5.11 Å². The normalized spacial score (nSPS) is 18.1. The van der Waals surface area contributed by atoms with E-state index in [-0.39, 0.29) is 17.9 Å². The molecule has 0 aromatic heterocycles. The van der Waals surface area contributed by atoms with Gasteiger partial charge in [-0.15, -0.1) is 0 Å². The number of carbonyl (C=O) groups excluding carboxylic acids is 1. The average Bonchev–Trinajstić information content (AvgIpc) is 2.71. The molecule has 0 saturated heterocycles. The number of aliphatic carboxylic acids is 1. The molecule has 1 fully saturated rings. The maximum absolute atomic E-state index is 11.8. The van der Waals surface area contributed by atoms with E-state index in [1.54, 1.807) is 0 Å². The van der Waals surface area contributed by atoms with Crippen LogP contribution in [-0.2, 0) is 4.79 Å². The van der Waals surface area contributed by atoms with Crippen molar-refractivity contribution in [2.75, 3.05) is 6.54 Å². The number of hydrogen-bond donors (Lipinski definition) is 3. The van der Waals surface area contributed by atoms with Gasteiger partial charge in [-0.3, -0.25) is 4.79 Å². The van der Waals surface area contributed by atoms with Crippen LogP contribution in [0.25, 0.3) is 0 Å². The zero-order valence-corrected chi connectivity index (χ0v) is 12.2. The largest absolute Gasteiger partial charge is 0.481 e. The van der Waals surface area contributed by atoms with Crippen molar-refractivity contribution in [3.8, 4) is 0 Å². The van der Waals surface area contributed by atoms with Gasteiger partial charge < -0.3 is 15.7 Å². The smallest absolute Gasteiger partial charge is 0.315 e. The van der Waals surface area contributed by atoms with Gasteiger partial charge in [-0.05, 0) is 38.5 Å². The number of nitrogens with one attached hydrogen (secondary N) is 2. The van der Waals surface area contributed by atoms with Crippen molar-refractivity contribution in [3.63, 3.8) is 0 Å². The molecule has 110 valence electrons. The Labute approximate surface area is 115 Å². The molecule has 0 unspecified atom stereocenters. The fourth-order valence-corrected chi connectivity index (χ4v) is 2.53. The molecule has 3 N–H and O–H groups in total. The van der Waals surface area contributed by atoms with Crippen molar-refractivity contribution in [1.29, 1.82) is 0 Å². The molecular formula is C14H26N2O3. The lowest BCUT2D eigenvalue weighted by atomic mass is 9.89. The Balaban J connectivity index is 2.31. The molecule has 5 nitrogen and oxygen atoms in total.